The van der Waals surface area contributed by atoms with Gasteiger partial charge in [0.05, 0.1) is 0 Å². The van der Waals surface area contributed by atoms with Crippen LogP contribution in [0, 0.1) is 5.92 Å². The fourth-order valence-corrected chi connectivity index (χ4v) is 2.59. The molecule has 1 aliphatic heterocycles. The Labute approximate surface area is 138 Å². The van der Waals surface area contributed by atoms with Crippen LogP contribution in [0.1, 0.15) is 36.1 Å². The predicted molar refractivity (Wildman–Crippen MR) is 83.1 cm³/mol. The number of nitrogens with zero attached hydrogens (tertiary/aromatic N) is 1. The maximum Gasteiger partial charge on any atom is 0.273 e. The first-order valence-corrected chi connectivity index (χ1v) is 7.97. The summed E-state index contributed by atoms with van der Waals surface area (Å²) >= 11 is 0. The number of oxazole rings is 1. The van der Waals surface area contributed by atoms with Gasteiger partial charge in [0.2, 0.25) is 12.7 Å². The lowest BCUT2D eigenvalue weighted by Gasteiger charge is -2.10. The van der Waals surface area contributed by atoms with Crippen LogP contribution in [-0.2, 0) is 6.61 Å². The molecule has 0 bridgehead atoms. The highest BCUT2D eigenvalue weighted by atomic mass is 16.7. The zero-order chi connectivity index (χ0) is 16.5. The molecule has 7 heteroatoms. The largest absolute Gasteiger partial charge is 0.484 e. The third-order valence-corrected chi connectivity index (χ3v) is 4.18. The molecular weight excluding hydrogens is 312 g/mol. The average molecular weight is 330 g/mol. The minimum atomic E-state index is -0.215. The van der Waals surface area contributed by atoms with Crippen molar-refractivity contribution in [3.05, 3.63) is 36.0 Å². The number of benzene rings is 1. The maximum atomic E-state index is 12.1. The van der Waals surface area contributed by atoms with Gasteiger partial charge in [0.15, 0.2) is 23.8 Å². The third-order valence-electron chi connectivity index (χ3n) is 4.18. The number of nitrogens with one attached hydrogen (secondary N) is 1. The number of rotatable bonds is 6. The summed E-state index contributed by atoms with van der Waals surface area (Å²) in [5.74, 6) is 2.68. The number of fused-ring (bicyclic) bond motifs is 1. The molecule has 2 aromatic rings. The molecule has 24 heavy (non-hydrogen) atoms. The highest BCUT2D eigenvalue weighted by molar-refractivity contribution is 5.92. The van der Waals surface area contributed by atoms with Gasteiger partial charge >= 0.3 is 0 Å². The monoisotopic (exact) mass is 330 g/mol. The zero-order valence-electron chi connectivity index (χ0n) is 13.3. The van der Waals surface area contributed by atoms with Gasteiger partial charge in [-0.25, -0.2) is 4.98 Å². The Morgan fingerprint density at radius 3 is 3.04 bits per heavy atom. The molecule has 0 spiro atoms. The summed E-state index contributed by atoms with van der Waals surface area (Å²) in [4.78, 5) is 16.3. The molecule has 1 N–H and O–H groups in total. The van der Waals surface area contributed by atoms with E-state index in [9.17, 15) is 4.79 Å². The van der Waals surface area contributed by atoms with Gasteiger partial charge in [0.1, 0.15) is 12.0 Å². The lowest BCUT2D eigenvalue weighted by Crippen LogP contribution is -2.34. The smallest absolute Gasteiger partial charge is 0.273 e. The fourth-order valence-electron chi connectivity index (χ4n) is 2.59. The van der Waals surface area contributed by atoms with Gasteiger partial charge in [-0.05, 0) is 37.8 Å². The second-order valence-corrected chi connectivity index (χ2v) is 6.03. The van der Waals surface area contributed by atoms with Crippen LogP contribution < -0.4 is 19.5 Å². The van der Waals surface area contributed by atoms with E-state index in [0.717, 1.165) is 0 Å². The van der Waals surface area contributed by atoms with Gasteiger partial charge in [-0.2, -0.15) is 0 Å². The van der Waals surface area contributed by atoms with Crippen LogP contribution in [0.15, 0.2) is 28.9 Å². The van der Waals surface area contributed by atoms with Crippen molar-refractivity contribution in [1.29, 1.82) is 0 Å². The molecule has 7 nitrogen and oxygen atoms in total. The molecule has 2 aliphatic rings. The molecular formula is C17H18N2O5. The van der Waals surface area contributed by atoms with Crippen molar-refractivity contribution >= 4 is 5.91 Å². The van der Waals surface area contributed by atoms with Gasteiger partial charge < -0.3 is 23.9 Å². The van der Waals surface area contributed by atoms with Gasteiger partial charge in [0.25, 0.3) is 5.91 Å². The second-order valence-electron chi connectivity index (χ2n) is 6.03. The highest BCUT2D eigenvalue weighted by Crippen LogP contribution is 2.35. The van der Waals surface area contributed by atoms with E-state index in [1.54, 1.807) is 18.2 Å². The van der Waals surface area contributed by atoms with E-state index in [1.165, 1.54) is 19.1 Å². The summed E-state index contributed by atoms with van der Waals surface area (Å²) < 4.78 is 21.5. The molecule has 0 saturated heterocycles. The minimum Gasteiger partial charge on any atom is -0.484 e. The normalized spacial score (nSPS) is 16.7. The fraction of sp³-hybridized carbons (Fsp3) is 0.412. The van der Waals surface area contributed by atoms with E-state index < -0.39 is 0 Å². The third kappa shape index (κ3) is 3.15. The van der Waals surface area contributed by atoms with Crippen LogP contribution in [0.3, 0.4) is 0 Å². The SMILES string of the molecule is C[C@@H](NC(=O)c1coc(COc2ccc3c(c2)OCO3)n1)C1CC1. The van der Waals surface area contributed by atoms with E-state index in [1.807, 2.05) is 6.92 Å². The van der Waals surface area contributed by atoms with E-state index in [4.69, 9.17) is 18.6 Å². The Bertz CT molecular complexity index is 753. The van der Waals surface area contributed by atoms with Gasteiger partial charge in [-0.15, -0.1) is 0 Å². The topological polar surface area (TPSA) is 82.8 Å². The summed E-state index contributed by atoms with van der Waals surface area (Å²) in [6.07, 6.45) is 3.71. The number of aromatic nitrogens is 1. The molecule has 2 heterocycles. The second kappa shape index (κ2) is 6.07. The number of carbonyl (C=O) groups excluding carboxylic acids is 1. The van der Waals surface area contributed by atoms with Crippen molar-refractivity contribution < 1.29 is 23.4 Å². The molecule has 1 aromatic carbocycles. The first-order chi connectivity index (χ1) is 11.7. The first-order valence-electron chi connectivity index (χ1n) is 7.97. The summed E-state index contributed by atoms with van der Waals surface area (Å²) in [6, 6.07) is 5.48. The van der Waals surface area contributed by atoms with Gasteiger partial charge in [-0.3, -0.25) is 4.79 Å². The minimum absolute atomic E-state index is 0.130. The van der Waals surface area contributed by atoms with Crippen LogP contribution in [0.4, 0.5) is 0 Å². The van der Waals surface area contributed by atoms with Crippen molar-refractivity contribution in [3.63, 3.8) is 0 Å². The Kier molecular flexibility index (Phi) is 3.76. The molecule has 1 atom stereocenters. The van der Waals surface area contributed by atoms with E-state index in [-0.39, 0.29) is 31.0 Å². The Morgan fingerprint density at radius 2 is 2.21 bits per heavy atom. The Balaban J connectivity index is 1.34. The van der Waals surface area contributed by atoms with Gasteiger partial charge in [0, 0.05) is 12.1 Å². The summed E-state index contributed by atoms with van der Waals surface area (Å²) in [5.41, 5.74) is 0.270. The number of hydrogen-bond donors (Lipinski definition) is 1. The standard InChI is InChI=1S/C17H18N2O5/c1-10(11-2-3-11)18-17(20)13-7-22-16(19-13)8-21-12-4-5-14-15(6-12)24-9-23-14/h4-7,10-11H,2-3,8-9H2,1H3,(H,18,20)/t10-/m1/s1. The molecule has 1 fully saturated rings. The number of carbonyl (C=O) groups is 1. The maximum absolute atomic E-state index is 12.1. The quantitative estimate of drug-likeness (QED) is 0.876. The molecule has 0 unspecified atom stereocenters. The lowest BCUT2D eigenvalue weighted by molar-refractivity contribution is 0.0930. The molecule has 1 aliphatic carbocycles. The summed E-state index contributed by atoms with van der Waals surface area (Å²) in [7, 11) is 0. The Morgan fingerprint density at radius 1 is 1.38 bits per heavy atom. The Hall–Kier alpha value is -2.70. The molecule has 1 amide bonds. The van der Waals surface area contributed by atoms with Crippen molar-refractivity contribution in [3.8, 4) is 17.2 Å². The van der Waals surface area contributed by atoms with Crippen molar-refractivity contribution in [2.75, 3.05) is 6.79 Å². The van der Waals surface area contributed by atoms with E-state index in [0.29, 0.717) is 29.1 Å². The van der Waals surface area contributed by atoms with Crippen molar-refractivity contribution in [2.45, 2.75) is 32.4 Å². The molecule has 1 saturated carbocycles. The number of amides is 1. The van der Waals surface area contributed by atoms with Crippen molar-refractivity contribution in [1.82, 2.24) is 10.3 Å². The summed E-state index contributed by atoms with van der Waals surface area (Å²) in [6.45, 7) is 2.36. The van der Waals surface area contributed by atoms with Crippen LogP contribution in [0.2, 0.25) is 0 Å². The van der Waals surface area contributed by atoms with Crippen LogP contribution in [-0.4, -0.2) is 23.7 Å². The zero-order valence-corrected chi connectivity index (χ0v) is 13.3. The molecule has 4 rings (SSSR count). The first kappa shape index (κ1) is 14.9. The number of ether oxygens (including phenoxy) is 3. The highest BCUT2D eigenvalue weighted by Gasteiger charge is 2.29. The average Bonchev–Trinajstić information content (AvgIpc) is 3.15. The lowest BCUT2D eigenvalue weighted by atomic mass is 10.2. The van der Waals surface area contributed by atoms with Gasteiger partial charge in [-0.1, -0.05) is 0 Å². The van der Waals surface area contributed by atoms with E-state index >= 15 is 0 Å². The van der Waals surface area contributed by atoms with Crippen LogP contribution in [0.5, 0.6) is 17.2 Å². The van der Waals surface area contributed by atoms with Crippen LogP contribution in [0.25, 0.3) is 0 Å². The van der Waals surface area contributed by atoms with Crippen molar-refractivity contribution in [2.24, 2.45) is 5.92 Å². The summed E-state index contributed by atoms with van der Waals surface area (Å²) in [5, 5.41) is 2.94. The van der Waals surface area contributed by atoms with E-state index in [2.05, 4.69) is 10.3 Å². The predicted octanol–water partition coefficient (Wildman–Crippen LogP) is 2.51. The molecule has 0 radical (unpaired) electrons. The molecule has 126 valence electrons. The molecule has 1 aromatic heterocycles. The number of hydrogen-bond acceptors (Lipinski definition) is 6. The van der Waals surface area contributed by atoms with Crippen LogP contribution >= 0.6 is 0 Å².